The predicted octanol–water partition coefficient (Wildman–Crippen LogP) is 2.37. The van der Waals surface area contributed by atoms with Crippen molar-refractivity contribution in [1.29, 1.82) is 0 Å². The van der Waals surface area contributed by atoms with E-state index in [1.54, 1.807) is 34.6 Å². The first-order chi connectivity index (χ1) is 22.1. The Balaban J connectivity index is 1.40. The molecule has 230 valence electrons. The number of rotatable bonds is 6. The summed E-state index contributed by atoms with van der Waals surface area (Å²) in [6, 6.07) is 14.0. The SMILES string of the molecule is CC(NC(=O)c1c(NS(N)(=O)=O)nn2cccnc12)c1c2c3c(ccc(C#Cc4cnn(C)c4)c3c(=O)n1-c1ccccc1)CC2. The van der Waals surface area contributed by atoms with Crippen LogP contribution in [0.3, 0.4) is 0 Å². The number of para-hydroxylation sites is 1. The van der Waals surface area contributed by atoms with E-state index in [1.807, 2.05) is 49.5 Å². The lowest BCUT2D eigenvalue weighted by Crippen LogP contribution is -2.34. The first-order valence-corrected chi connectivity index (χ1v) is 15.9. The molecule has 4 aromatic heterocycles. The van der Waals surface area contributed by atoms with Crippen molar-refractivity contribution in [3.05, 3.63) is 117 Å². The Kier molecular flexibility index (Phi) is 6.92. The molecule has 1 aliphatic rings. The molecule has 4 N–H and O–H groups in total. The van der Waals surface area contributed by atoms with Crippen LogP contribution in [0.5, 0.6) is 0 Å². The van der Waals surface area contributed by atoms with Gasteiger partial charge in [-0.2, -0.15) is 13.5 Å². The van der Waals surface area contributed by atoms with E-state index >= 15 is 0 Å². The summed E-state index contributed by atoms with van der Waals surface area (Å²) in [5.41, 5.74) is 4.26. The molecule has 1 amide bonds. The fourth-order valence-electron chi connectivity index (χ4n) is 6.08. The Morgan fingerprint density at radius 3 is 2.61 bits per heavy atom. The fourth-order valence-corrected chi connectivity index (χ4v) is 6.49. The Hall–Kier alpha value is -5.78. The van der Waals surface area contributed by atoms with Crippen LogP contribution in [0.1, 0.15) is 51.3 Å². The van der Waals surface area contributed by atoms with Crippen LogP contribution in [-0.2, 0) is 30.1 Å². The largest absolute Gasteiger partial charge is 0.344 e. The van der Waals surface area contributed by atoms with E-state index in [-0.39, 0.29) is 22.6 Å². The van der Waals surface area contributed by atoms with Crippen LogP contribution >= 0.6 is 0 Å². The number of hydrogen-bond donors (Lipinski definition) is 3. The van der Waals surface area contributed by atoms with Gasteiger partial charge in [0, 0.05) is 36.9 Å². The number of benzene rings is 2. The zero-order valence-corrected chi connectivity index (χ0v) is 25.5. The van der Waals surface area contributed by atoms with Gasteiger partial charge in [0.15, 0.2) is 11.5 Å². The summed E-state index contributed by atoms with van der Waals surface area (Å²) < 4.78 is 30.5. The van der Waals surface area contributed by atoms with Crippen LogP contribution in [-0.4, -0.2) is 43.3 Å². The second kappa shape index (κ2) is 11.0. The van der Waals surface area contributed by atoms with Crippen molar-refractivity contribution in [1.82, 2.24) is 34.3 Å². The number of nitrogens with two attached hydrogens (primary N) is 1. The summed E-state index contributed by atoms with van der Waals surface area (Å²) in [6.45, 7) is 1.78. The molecule has 0 aliphatic heterocycles. The molecule has 0 spiro atoms. The molecule has 0 saturated heterocycles. The molecule has 1 unspecified atom stereocenters. The van der Waals surface area contributed by atoms with Crippen molar-refractivity contribution in [2.75, 3.05) is 4.72 Å². The van der Waals surface area contributed by atoms with Gasteiger partial charge in [-0.25, -0.2) is 14.6 Å². The highest BCUT2D eigenvalue weighted by Gasteiger charge is 2.30. The van der Waals surface area contributed by atoms with Gasteiger partial charge in [-0.15, -0.1) is 5.10 Å². The maximum atomic E-state index is 14.6. The Labute approximate surface area is 262 Å². The Morgan fingerprint density at radius 2 is 1.87 bits per heavy atom. The number of pyridine rings is 1. The molecule has 0 radical (unpaired) electrons. The Morgan fingerprint density at radius 1 is 1.07 bits per heavy atom. The molecule has 2 aromatic carbocycles. The van der Waals surface area contributed by atoms with Gasteiger partial charge in [0.1, 0.15) is 5.56 Å². The molecule has 1 aliphatic carbocycles. The van der Waals surface area contributed by atoms with Gasteiger partial charge in [-0.1, -0.05) is 36.1 Å². The van der Waals surface area contributed by atoms with Crippen molar-refractivity contribution in [2.24, 2.45) is 12.2 Å². The monoisotopic (exact) mass is 633 g/mol. The number of fused-ring (bicyclic) bond motifs is 1. The van der Waals surface area contributed by atoms with Gasteiger partial charge in [0.2, 0.25) is 0 Å². The first kappa shape index (κ1) is 29.0. The predicted molar refractivity (Wildman–Crippen MR) is 172 cm³/mol. The molecule has 6 aromatic rings. The molecule has 13 nitrogen and oxygen atoms in total. The highest BCUT2D eigenvalue weighted by molar-refractivity contribution is 7.90. The van der Waals surface area contributed by atoms with Crippen LogP contribution in [0, 0.1) is 11.8 Å². The van der Waals surface area contributed by atoms with Gasteiger partial charge in [0.25, 0.3) is 21.7 Å². The van der Waals surface area contributed by atoms with Crippen molar-refractivity contribution in [3.63, 3.8) is 0 Å². The van der Waals surface area contributed by atoms with Crippen molar-refractivity contribution < 1.29 is 13.2 Å². The highest BCUT2D eigenvalue weighted by atomic mass is 32.2. The molecular weight excluding hydrogens is 606 g/mol. The zero-order chi connectivity index (χ0) is 32.2. The van der Waals surface area contributed by atoms with E-state index in [2.05, 4.69) is 37.1 Å². The number of carbonyl (C=O) groups excluding carboxylic acids is 1. The van der Waals surface area contributed by atoms with Crippen LogP contribution < -0.4 is 20.7 Å². The van der Waals surface area contributed by atoms with Crippen molar-refractivity contribution in [3.8, 4) is 17.5 Å². The molecule has 14 heteroatoms. The number of carbonyl (C=O) groups is 1. The number of aromatic nitrogens is 6. The highest BCUT2D eigenvalue weighted by Crippen LogP contribution is 2.36. The lowest BCUT2D eigenvalue weighted by molar-refractivity contribution is 0.0941. The molecule has 0 bridgehead atoms. The van der Waals surface area contributed by atoms with Crippen LogP contribution in [0.2, 0.25) is 0 Å². The summed E-state index contributed by atoms with van der Waals surface area (Å²) in [4.78, 5) is 32.7. The summed E-state index contributed by atoms with van der Waals surface area (Å²) >= 11 is 0. The van der Waals surface area contributed by atoms with E-state index in [1.165, 1.54) is 16.9 Å². The minimum Gasteiger partial charge on any atom is -0.344 e. The number of aryl methyl sites for hydroxylation is 3. The maximum Gasteiger partial charge on any atom is 0.297 e. The summed E-state index contributed by atoms with van der Waals surface area (Å²) in [5, 5.41) is 17.9. The topological polar surface area (TPSA) is 171 Å². The lowest BCUT2D eigenvalue weighted by atomic mass is 9.97. The van der Waals surface area contributed by atoms with Gasteiger partial charge >= 0.3 is 0 Å². The summed E-state index contributed by atoms with van der Waals surface area (Å²) in [7, 11) is -2.45. The molecule has 4 heterocycles. The Bertz CT molecular complexity index is 2430. The second-order valence-corrected chi connectivity index (χ2v) is 12.3. The summed E-state index contributed by atoms with van der Waals surface area (Å²) in [5.74, 6) is 5.39. The molecular formula is C32H27N9O4S. The van der Waals surface area contributed by atoms with Crippen molar-refractivity contribution in [2.45, 2.75) is 25.8 Å². The minimum atomic E-state index is -4.26. The van der Waals surface area contributed by atoms with E-state index in [0.717, 1.165) is 22.1 Å². The number of nitrogens with one attached hydrogen (secondary N) is 2. The van der Waals surface area contributed by atoms with Gasteiger partial charge in [0.05, 0.1) is 28.9 Å². The number of amides is 1. The third-order valence-electron chi connectivity index (χ3n) is 7.88. The van der Waals surface area contributed by atoms with Gasteiger partial charge in [-0.05, 0) is 60.5 Å². The van der Waals surface area contributed by atoms with Crippen LogP contribution in [0.4, 0.5) is 5.82 Å². The molecule has 0 saturated carbocycles. The first-order valence-electron chi connectivity index (χ1n) is 14.3. The van der Waals surface area contributed by atoms with Gasteiger partial charge < -0.3 is 5.32 Å². The maximum absolute atomic E-state index is 14.6. The lowest BCUT2D eigenvalue weighted by Gasteiger charge is -2.24. The summed E-state index contributed by atoms with van der Waals surface area (Å²) in [6.07, 6.45) is 7.83. The van der Waals surface area contributed by atoms with Crippen molar-refractivity contribution >= 4 is 38.4 Å². The number of anilines is 1. The average molecular weight is 634 g/mol. The molecule has 0 fully saturated rings. The zero-order valence-electron chi connectivity index (χ0n) is 24.7. The standard InChI is InChI=1S/C32H27N9O4S/c1-19(36-31(42)27-29(38-46(33,44)45)37-40-16-6-15-34-30(27)40)28-24-14-13-21-11-12-22(10-9-20-17-35-39(2)18-20)26(25(21)24)32(43)41(28)23-7-4-3-5-8-23/h3-8,11-12,15-19H,13-14H2,1-2H3,(H,36,42)(H,37,38)(H2,33,44,45). The van der Waals surface area contributed by atoms with E-state index in [9.17, 15) is 18.0 Å². The minimum absolute atomic E-state index is 0.110. The quantitative estimate of drug-likeness (QED) is 0.236. The van der Waals surface area contributed by atoms with E-state index in [0.29, 0.717) is 35.2 Å². The normalized spacial score (nSPS) is 13.0. The average Bonchev–Trinajstić information content (AvgIpc) is 3.74. The van der Waals surface area contributed by atoms with Crippen LogP contribution in [0.25, 0.3) is 22.1 Å². The van der Waals surface area contributed by atoms with E-state index < -0.39 is 22.2 Å². The van der Waals surface area contributed by atoms with Crippen LogP contribution in [0.15, 0.2) is 78.1 Å². The fraction of sp³-hybridized carbons (Fsp3) is 0.156. The smallest absolute Gasteiger partial charge is 0.297 e. The third kappa shape index (κ3) is 5.07. The van der Waals surface area contributed by atoms with E-state index in [4.69, 9.17) is 5.14 Å². The second-order valence-electron chi connectivity index (χ2n) is 11.0. The number of hydrogen-bond acceptors (Lipinski definition) is 7. The molecule has 7 rings (SSSR count). The van der Waals surface area contributed by atoms with Gasteiger partial charge in [-0.3, -0.25) is 23.6 Å². The molecule has 1 atom stereocenters. The third-order valence-corrected chi connectivity index (χ3v) is 8.36. The number of nitrogens with zero attached hydrogens (tertiary/aromatic N) is 6. The molecule has 46 heavy (non-hydrogen) atoms.